The molecular weight excluding hydrogens is 296 g/mol. The second kappa shape index (κ2) is 7.46. The summed E-state index contributed by atoms with van der Waals surface area (Å²) >= 11 is 0. The molecule has 0 unspecified atom stereocenters. The number of aryl methyl sites for hydroxylation is 1. The van der Waals surface area contributed by atoms with Crippen LogP contribution in [0.2, 0.25) is 0 Å². The van der Waals surface area contributed by atoms with Gasteiger partial charge in [0.25, 0.3) is 5.91 Å². The van der Waals surface area contributed by atoms with Gasteiger partial charge in [0.2, 0.25) is 0 Å². The number of ether oxygens (including phenoxy) is 1. The Bertz CT molecular complexity index is 580. The third-order valence-corrected chi connectivity index (χ3v) is 4.48. The molecule has 0 aromatic heterocycles. The minimum absolute atomic E-state index is 0.0127. The maximum Gasteiger partial charge on any atom is 0.320 e. The van der Waals surface area contributed by atoms with Gasteiger partial charge in [-0.15, -0.1) is 0 Å². The number of aliphatic carboxylic acids is 1. The summed E-state index contributed by atoms with van der Waals surface area (Å²) in [4.78, 5) is 26.8. The molecule has 1 N–H and O–H groups in total. The van der Waals surface area contributed by atoms with Crippen molar-refractivity contribution in [3.8, 4) is 5.75 Å². The molecule has 1 amide bonds. The van der Waals surface area contributed by atoms with Crippen LogP contribution in [-0.2, 0) is 9.59 Å². The molecular formula is C17H24N2O4. The summed E-state index contributed by atoms with van der Waals surface area (Å²) in [5.74, 6) is -0.159. The molecule has 1 atom stereocenters. The van der Waals surface area contributed by atoms with Crippen molar-refractivity contribution >= 4 is 11.9 Å². The fourth-order valence-corrected chi connectivity index (χ4v) is 2.63. The van der Waals surface area contributed by atoms with Gasteiger partial charge in [-0.2, -0.15) is 0 Å². The number of carboxylic acids is 1. The fourth-order valence-electron chi connectivity index (χ4n) is 2.63. The molecule has 1 fully saturated rings. The van der Waals surface area contributed by atoms with Crippen LogP contribution < -0.4 is 4.74 Å². The predicted molar refractivity (Wildman–Crippen MR) is 86.7 cm³/mol. The third-order valence-electron chi connectivity index (χ3n) is 4.48. The molecule has 1 aromatic carbocycles. The fraction of sp³-hybridized carbons (Fsp3) is 0.529. The highest BCUT2D eigenvalue weighted by Gasteiger charge is 2.27. The lowest BCUT2D eigenvalue weighted by Gasteiger charge is -2.36. The lowest BCUT2D eigenvalue weighted by molar-refractivity contribution is -0.144. The first-order chi connectivity index (χ1) is 10.9. The molecule has 6 heteroatoms. The van der Waals surface area contributed by atoms with Crippen LogP contribution in [0.5, 0.6) is 5.75 Å². The largest absolute Gasteiger partial charge is 0.483 e. The third kappa shape index (κ3) is 4.22. The minimum Gasteiger partial charge on any atom is -0.483 e. The van der Waals surface area contributed by atoms with Crippen LogP contribution in [0.25, 0.3) is 0 Å². The Labute approximate surface area is 136 Å². The number of amides is 1. The predicted octanol–water partition coefficient (Wildman–Crippen LogP) is 1.30. The van der Waals surface area contributed by atoms with Crippen LogP contribution in [-0.4, -0.2) is 65.6 Å². The van der Waals surface area contributed by atoms with Gasteiger partial charge in [-0.3, -0.25) is 14.5 Å². The van der Waals surface area contributed by atoms with Crippen molar-refractivity contribution in [1.29, 1.82) is 0 Å². The first-order valence-corrected chi connectivity index (χ1v) is 7.83. The van der Waals surface area contributed by atoms with E-state index in [9.17, 15) is 9.59 Å². The highest BCUT2D eigenvalue weighted by molar-refractivity contribution is 5.78. The number of hydrogen-bond acceptors (Lipinski definition) is 4. The molecule has 0 aliphatic carbocycles. The Kier molecular flexibility index (Phi) is 5.60. The van der Waals surface area contributed by atoms with Crippen LogP contribution in [0.1, 0.15) is 18.1 Å². The zero-order valence-electron chi connectivity index (χ0n) is 13.9. The molecule has 2 rings (SSSR count). The van der Waals surface area contributed by atoms with Crippen molar-refractivity contribution in [2.45, 2.75) is 26.8 Å². The lowest BCUT2D eigenvalue weighted by Crippen LogP contribution is -2.53. The van der Waals surface area contributed by atoms with Crippen molar-refractivity contribution < 1.29 is 19.4 Å². The number of rotatable bonds is 5. The molecule has 126 valence electrons. The second-order valence-corrected chi connectivity index (χ2v) is 5.92. The first-order valence-electron chi connectivity index (χ1n) is 7.83. The molecule has 1 heterocycles. The van der Waals surface area contributed by atoms with E-state index in [2.05, 4.69) is 0 Å². The van der Waals surface area contributed by atoms with Gasteiger partial charge in [-0.1, -0.05) is 12.1 Å². The van der Waals surface area contributed by atoms with Gasteiger partial charge >= 0.3 is 5.97 Å². The Hall–Kier alpha value is -2.08. The number of hydrogen-bond donors (Lipinski definition) is 1. The molecule has 1 saturated heterocycles. The molecule has 23 heavy (non-hydrogen) atoms. The molecule has 0 radical (unpaired) electrons. The summed E-state index contributed by atoms with van der Waals surface area (Å²) in [6.07, 6.45) is 0. The summed E-state index contributed by atoms with van der Waals surface area (Å²) in [6.45, 7) is 7.88. The quantitative estimate of drug-likeness (QED) is 0.885. The Morgan fingerprint density at radius 1 is 1.22 bits per heavy atom. The van der Waals surface area contributed by atoms with E-state index < -0.39 is 12.0 Å². The number of piperazine rings is 1. The van der Waals surface area contributed by atoms with Crippen molar-refractivity contribution in [1.82, 2.24) is 9.80 Å². The molecule has 6 nitrogen and oxygen atoms in total. The molecule has 0 saturated carbocycles. The van der Waals surface area contributed by atoms with Gasteiger partial charge < -0.3 is 14.7 Å². The first kappa shape index (κ1) is 17.3. The highest BCUT2D eigenvalue weighted by atomic mass is 16.5. The van der Waals surface area contributed by atoms with E-state index in [1.807, 2.05) is 36.9 Å². The maximum absolute atomic E-state index is 12.2. The van der Waals surface area contributed by atoms with Gasteiger partial charge in [-0.25, -0.2) is 0 Å². The lowest BCUT2D eigenvalue weighted by atomic mass is 10.1. The zero-order valence-corrected chi connectivity index (χ0v) is 13.9. The monoisotopic (exact) mass is 320 g/mol. The molecule has 1 aliphatic rings. The van der Waals surface area contributed by atoms with Crippen molar-refractivity contribution in [3.05, 3.63) is 29.3 Å². The van der Waals surface area contributed by atoms with E-state index in [1.54, 1.807) is 11.8 Å². The highest BCUT2D eigenvalue weighted by Crippen LogP contribution is 2.20. The normalized spacial score (nSPS) is 16.9. The van der Waals surface area contributed by atoms with Crippen LogP contribution in [0.3, 0.4) is 0 Å². The van der Waals surface area contributed by atoms with Gasteiger partial charge in [0.1, 0.15) is 11.8 Å². The van der Waals surface area contributed by atoms with E-state index in [0.717, 1.165) is 16.9 Å². The van der Waals surface area contributed by atoms with Crippen LogP contribution in [0.15, 0.2) is 18.2 Å². The van der Waals surface area contributed by atoms with Gasteiger partial charge in [0, 0.05) is 26.2 Å². The van der Waals surface area contributed by atoms with E-state index in [-0.39, 0.29) is 12.5 Å². The van der Waals surface area contributed by atoms with Gasteiger partial charge in [0.15, 0.2) is 6.61 Å². The smallest absolute Gasteiger partial charge is 0.320 e. The van der Waals surface area contributed by atoms with Gasteiger partial charge in [0.05, 0.1) is 0 Å². The summed E-state index contributed by atoms with van der Waals surface area (Å²) < 4.78 is 5.65. The summed E-state index contributed by atoms with van der Waals surface area (Å²) in [7, 11) is 0. The topological polar surface area (TPSA) is 70.1 Å². The van der Waals surface area contributed by atoms with Crippen molar-refractivity contribution in [2.24, 2.45) is 0 Å². The number of carbonyl (C=O) groups is 2. The van der Waals surface area contributed by atoms with Crippen molar-refractivity contribution in [3.63, 3.8) is 0 Å². The van der Waals surface area contributed by atoms with E-state index in [1.165, 1.54) is 0 Å². The average Bonchev–Trinajstić information content (AvgIpc) is 2.55. The summed E-state index contributed by atoms with van der Waals surface area (Å²) in [5, 5.41) is 9.03. The Morgan fingerprint density at radius 3 is 2.48 bits per heavy atom. The molecule has 1 aliphatic heterocycles. The SMILES string of the molecule is Cc1cccc(OCC(=O)N2CCN([C@@H](C)C(=O)O)CC2)c1C. The van der Waals surface area contributed by atoms with E-state index in [4.69, 9.17) is 9.84 Å². The van der Waals surface area contributed by atoms with Crippen molar-refractivity contribution in [2.75, 3.05) is 32.8 Å². The Morgan fingerprint density at radius 2 is 1.87 bits per heavy atom. The maximum atomic E-state index is 12.2. The molecule has 0 bridgehead atoms. The standard InChI is InChI=1S/C17H24N2O4/c1-12-5-4-6-15(13(12)2)23-11-16(20)19-9-7-18(8-10-19)14(3)17(21)22/h4-6,14H,7-11H2,1-3H3,(H,21,22)/t14-/m0/s1. The Balaban J connectivity index is 1.84. The second-order valence-electron chi connectivity index (χ2n) is 5.92. The summed E-state index contributed by atoms with van der Waals surface area (Å²) in [5.41, 5.74) is 2.17. The average molecular weight is 320 g/mol. The van der Waals surface area contributed by atoms with E-state index >= 15 is 0 Å². The van der Waals surface area contributed by atoms with Gasteiger partial charge in [-0.05, 0) is 38.0 Å². The number of nitrogens with zero attached hydrogens (tertiary/aromatic N) is 2. The van der Waals surface area contributed by atoms with E-state index in [0.29, 0.717) is 26.2 Å². The van der Waals surface area contributed by atoms with Crippen LogP contribution in [0, 0.1) is 13.8 Å². The number of benzene rings is 1. The van der Waals surface area contributed by atoms with Crippen LogP contribution in [0.4, 0.5) is 0 Å². The summed E-state index contributed by atoms with van der Waals surface area (Å²) in [6, 6.07) is 5.27. The molecule has 1 aromatic rings. The number of carboxylic acid groups (broad SMARTS) is 1. The number of carbonyl (C=O) groups excluding carboxylic acids is 1. The molecule has 0 spiro atoms. The zero-order chi connectivity index (χ0) is 17.0. The minimum atomic E-state index is -0.831. The van der Waals surface area contributed by atoms with Crippen LogP contribution >= 0.6 is 0 Å².